The number of fused-ring (bicyclic) bond motifs is 1. The number of ether oxygens (including phenoxy) is 2. The van der Waals surface area contributed by atoms with E-state index in [2.05, 4.69) is 11.2 Å². The van der Waals surface area contributed by atoms with E-state index >= 15 is 0 Å². The lowest BCUT2D eigenvalue weighted by molar-refractivity contribution is -0.142. The number of carbonyl (C=O) groups is 2. The molecular formula is C24H25N3O4. The zero-order valence-corrected chi connectivity index (χ0v) is 17.6. The number of benzene rings is 2. The molecule has 2 aromatic carbocycles. The third-order valence-corrected chi connectivity index (χ3v) is 5.12. The fraction of sp³-hybridized carbons (Fsp3) is 0.292. The van der Waals surface area contributed by atoms with E-state index in [1.807, 2.05) is 12.1 Å². The Morgan fingerprint density at radius 1 is 1.26 bits per heavy atom. The van der Waals surface area contributed by atoms with Gasteiger partial charge in [-0.05, 0) is 42.3 Å². The van der Waals surface area contributed by atoms with E-state index in [-0.39, 0.29) is 17.8 Å². The van der Waals surface area contributed by atoms with Crippen LogP contribution < -0.4 is 10.1 Å². The Hall–Kier alpha value is -3.79. The van der Waals surface area contributed by atoms with Crippen molar-refractivity contribution in [3.63, 3.8) is 0 Å². The maximum absolute atomic E-state index is 12.7. The molecule has 160 valence electrons. The standard InChI is InChI=1S/C24H25N3O4/c1-4-11-27(2)23(25)17-5-7-18(8-6-17)24(29)26-20-9-10-21-19(14-20)12-16(15-31-21)13-22(28)30-3/h1,5-10,14,16,25H,11-13,15H2,2-3H3,(H,26,29). The van der Waals surface area contributed by atoms with E-state index in [0.717, 1.165) is 11.3 Å². The fourth-order valence-corrected chi connectivity index (χ4v) is 3.40. The van der Waals surface area contributed by atoms with E-state index in [1.54, 1.807) is 42.3 Å². The van der Waals surface area contributed by atoms with Gasteiger partial charge in [0.2, 0.25) is 0 Å². The number of hydrogen-bond acceptors (Lipinski definition) is 5. The molecular weight excluding hydrogens is 394 g/mol. The molecule has 1 amide bonds. The average Bonchev–Trinajstić information content (AvgIpc) is 2.78. The first kappa shape index (κ1) is 21.9. The minimum atomic E-state index is -0.261. The second kappa shape index (κ2) is 9.81. The highest BCUT2D eigenvalue weighted by atomic mass is 16.5. The molecule has 7 nitrogen and oxygen atoms in total. The van der Waals surface area contributed by atoms with Gasteiger partial charge in [-0.1, -0.05) is 18.1 Å². The monoisotopic (exact) mass is 419 g/mol. The molecule has 1 heterocycles. The van der Waals surface area contributed by atoms with E-state index in [0.29, 0.717) is 48.6 Å². The lowest BCUT2D eigenvalue weighted by atomic mass is 9.93. The van der Waals surface area contributed by atoms with Crippen molar-refractivity contribution in [2.75, 3.05) is 32.6 Å². The van der Waals surface area contributed by atoms with Crippen molar-refractivity contribution in [1.82, 2.24) is 4.90 Å². The van der Waals surface area contributed by atoms with Crippen LogP contribution in [-0.2, 0) is 16.0 Å². The topological polar surface area (TPSA) is 91.7 Å². The number of anilines is 1. The smallest absolute Gasteiger partial charge is 0.305 e. The third kappa shape index (κ3) is 5.43. The Kier molecular flexibility index (Phi) is 6.93. The molecule has 0 aromatic heterocycles. The summed E-state index contributed by atoms with van der Waals surface area (Å²) in [5, 5.41) is 11.0. The highest BCUT2D eigenvalue weighted by Crippen LogP contribution is 2.31. The van der Waals surface area contributed by atoms with Gasteiger partial charge in [0, 0.05) is 29.8 Å². The molecule has 7 heteroatoms. The highest BCUT2D eigenvalue weighted by molar-refractivity contribution is 6.05. The maximum atomic E-state index is 12.7. The van der Waals surface area contributed by atoms with E-state index in [1.165, 1.54) is 7.11 Å². The van der Waals surface area contributed by atoms with Crippen LogP contribution in [0, 0.1) is 23.7 Å². The van der Waals surface area contributed by atoms with Crippen LogP contribution in [0.4, 0.5) is 5.69 Å². The van der Waals surface area contributed by atoms with Gasteiger partial charge in [0.25, 0.3) is 5.91 Å². The lowest BCUT2D eigenvalue weighted by Gasteiger charge is -2.25. The maximum Gasteiger partial charge on any atom is 0.305 e. The Bertz CT molecular complexity index is 1020. The second-order valence-corrected chi connectivity index (χ2v) is 7.42. The quantitative estimate of drug-likeness (QED) is 0.325. The van der Waals surface area contributed by atoms with Gasteiger partial charge in [-0.3, -0.25) is 15.0 Å². The summed E-state index contributed by atoms with van der Waals surface area (Å²) < 4.78 is 10.5. The number of amides is 1. The lowest BCUT2D eigenvalue weighted by Crippen LogP contribution is -2.27. The average molecular weight is 419 g/mol. The number of terminal acetylenes is 1. The molecule has 0 fully saturated rings. The third-order valence-electron chi connectivity index (χ3n) is 5.12. The highest BCUT2D eigenvalue weighted by Gasteiger charge is 2.23. The molecule has 0 spiro atoms. The molecule has 2 aromatic rings. The summed E-state index contributed by atoms with van der Waals surface area (Å²) >= 11 is 0. The fourth-order valence-electron chi connectivity index (χ4n) is 3.40. The summed E-state index contributed by atoms with van der Waals surface area (Å²) in [7, 11) is 3.12. The number of esters is 1. The Balaban J connectivity index is 1.66. The summed E-state index contributed by atoms with van der Waals surface area (Å²) in [6, 6.07) is 12.3. The number of amidine groups is 1. The van der Waals surface area contributed by atoms with Gasteiger partial charge < -0.3 is 19.7 Å². The summed E-state index contributed by atoms with van der Waals surface area (Å²) in [4.78, 5) is 25.8. The van der Waals surface area contributed by atoms with Gasteiger partial charge in [0.1, 0.15) is 11.6 Å². The van der Waals surface area contributed by atoms with Crippen LogP contribution in [0.3, 0.4) is 0 Å². The normalized spacial score (nSPS) is 14.4. The van der Waals surface area contributed by atoms with Crippen LogP contribution in [-0.4, -0.2) is 49.9 Å². The molecule has 0 bridgehead atoms. The molecule has 0 aliphatic carbocycles. The predicted molar refractivity (Wildman–Crippen MR) is 118 cm³/mol. The van der Waals surface area contributed by atoms with Crippen LogP contribution in [0.15, 0.2) is 42.5 Å². The molecule has 2 N–H and O–H groups in total. The van der Waals surface area contributed by atoms with Gasteiger partial charge in [-0.2, -0.15) is 0 Å². The van der Waals surface area contributed by atoms with Crippen molar-refractivity contribution < 1.29 is 19.1 Å². The Labute approximate surface area is 181 Å². The number of nitrogens with zero attached hydrogens (tertiary/aromatic N) is 1. The summed E-state index contributed by atoms with van der Waals surface area (Å²) in [5.41, 5.74) is 2.75. The van der Waals surface area contributed by atoms with Gasteiger partial charge in [0.15, 0.2) is 0 Å². The predicted octanol–water partition coefficient (Wildman–Crippen LogP) is 2.94. The number of methoxy groups -OCH3 is 1. The number of nitrogens with one attached hydrogen (secondary N) is 2. The molecule has 1 aliphatic heterocycles. The van der Waals surface area contributed by atoms with Crippen molar-refractivity contribution in [2.45, 2.75) is 12.8 Å². The molecule has 31 heavy (non-hydrogen) atoms. The van der Waals surface area contributed by atoms with Crippen LogP contribution in [0.5, 0.6) is 5.75 Å². The SMILES string of the molecule is C#CCN(C)C(=N)c1ccc(C(=O)Nc2ccc3c(c2)CC(CC(=O)OC)CO3)cc1. The van der Waals surface area contributed by atoms with Crippen LogP contribution >= 0.6 is 0 Å². The van der Waals surface area contributed by atoms with Gasteiger partial charge in [0.05, 0.1) is 26.7 Å². The molecule has 1 unspecified atom stereocenters. The molecule has 1 atom stereocenters. The molecule has 1 aliphatic rings. The minimum absolute atomic E-state index is 0.0429. The zero-order chi connectivity index (χ0) is 22.4. The molecule has 3 rings (SSSR count). The van der Waals surface area contributed by atoms with Crippen molar-refractivity contribution in [2.24, 2.45) is 5.92 Å². The molecule has 0 saturated carbocycles. The largest absolute Gasteiger partial charge is 0.493 e. The second-order valence-electron chi connectivity index (χ2n) is 7.42. The van der Waals surface area contributed by atoms with Crippen LogP contribution in [0.25, 0.3) is 0 Å². The van der Waals surface area contributed by atoms with E-state index < -0.39 is 0 Å². The molecule has 0 radical (unpaired) electrons. The van der Waals surface area contributed by atoms with Gasteiger partial charge in [-0.15, -0.1) is 6.42 Å². The van der Waals surface area contributed by atoms with Gasteiger partial charge in [-0.25, -0.2) is 0 Å². The number of hydrogen-bond donors (Lipinski definition) is 2. The van der Waals surface area contributed by atoms with Crippen molar-refractivity contribution in [3.05, 3.63) is 59.2 Å². The minimum Gasteiger partial charge on any atom is -0.493 e. The van der Waals surface area contributed by atoms with Gasteiger partial charge >= 0.3 is 5.97 Å². The van der Waals surface area contributed by atoms with Crippen molar-refractivity contribution in [1.29, 1.82) is 5.41 Å². The van der Waals surface area contributed by atoms with Crippen molar-refractivity contribution >= 4 is 23.4 Å². The first-order valence-electron chi connectivity index (χ1n) is 9.88. The summed E-state index contributed by atoms with van der Waals surface area (Å²) in [5.74, 6) is 3.09. The van der Waals surface area contributed by atoms with E-state index in [4.69, 9.17) is 21.3 Å². The van der Waals surface area contributed by atoms with Crippen LogP contribution in [0.1, 0.15) is 27.9 Å². The first-order valence-corrected chi connectivity index (χ1v) is 9.88. The Morgan fingerprint density at radius 3 is 2.65 bits per heavy atom. The molecule has 0 saturated heterocycles. The summed E-state index contributed by atoms with van der Waals surface area (Å²) in [6.45, 7) is 0.801. The first-order chi connectivity index (χ1) is 14.9. The summed E-state index contributed by atoms with van der Waals surface area (Å²) in [6.07, 6.45) is 6.26. The number of rotatable bonds is 6. The number of carbonyl (C=O) groups excluding carboxylic acids is 2. The van der Waals surface area contributed by atoms with E-state index in [9.17, 15) is 9.59 Å². The zero-order valence-electron chi connectivity index (χ0n) is 17.6. The van der Waals surface area contributed by atoms with Crippen molar-refractivity contribution in [3.8, 4) is 18.1 Å². The van der Waals surface area contributed by atoms with Crippen LogP contribution in [0.2, 0.25) is 0 Å². The Morgan fingerprint density at radius 2 is 1.97 bits per heavy atom.